The van der Waals surface area contributed by atoms with Crippen LogP contribution in [0.15, 0.2) is 40.9 Å². The number of nitrogens with zero attached hydrogens (tertiary/aromatic N) is 1. The van der Waals surface area contributed by atoms with Crippen molar-refractivity contribution in [2.75, 3.05) is 11.9 Å². The molecule has 1 unspecified atom stereocenters. The second-order valence-electron chi connectivity index (χ2n) is 5.02. The summed E-state index contributed by atoms with van der Waals surface area (Å²) >= 11 is 1.37. The van der Waals surface area contributed by atoms with Crippen LogP contribution < -0.4 is 4.90 Å². The molecular weight excluding hydrogens is 484 g/mol. The Hall–Kier alpha value is 0.213. The zero-order chi connectivity index (χ0) is 15.9. The van der Waals surface area contributed by atoms with Gasteiger partial charge in [0.15, 0.2) is 0 Å². The van der Waals surface area contributed by atoms with Crippen LogP contribution in [0, 0.1) is 6.07 Å². The van der Waals surface area contributed by atoms with Crippen molar-refractivity contribution in [3.05, 3.63) is 63.6 Å². The molecule has 0 fully saturated rings. The van der Waals surface area contributed by atoms with Gasteiger partial charge >= 0.3 is 43.7 Å². The average molecular weight is 495 g/mol. The standard InChI is InChI=1S/C16H11BrN.3ClH.Zr/c1-18-15-5-3-2-4-13(15)14-9-10-8-11(17)6-7-12(10)16(14)18;;;;/h2-7,9,16H,1H3;3*1H;/q-1;;;;+3/p-3. The van der Waals surface area contributed by atoms with Gasteiger partial charge in [-0.15, -0.1) is 35.4 Å². The van der Waals surface area contributed by atoms with E-state index in [9.17, 15) is 0 Å². The van der Waals surface area contributed by atoms with Gasteiger partial charge in [0, 0.05) is 18.8 Å². The molecule has 2 aromatic rings. The first kappa shape index (κ1) is 17.0. The Morgan fingerprint density at radius 2 is 1.82 bits per heavy atom. The SMILES string of the molecule is CN1c2ccccc2C2=Cc3[c-]c(Br)ccc3C21.[Cl][Zr]([Cl])[Cl]. The fraction of sp³-hybridized carbons (Fsp3) is 0.125. The first-order valence-corrected chi connectivity index (χ1v) is 16.9. The van der Waals surface area contributed by atoms with Gasteiger partial charge in [0.2, 0.25) is 0 Å². The summed E-state index contributed by atoms with van der Waals surface area (Å²) in [5, 5.41) is 0. The van der Waals surface area contributed by atoms with Gasteiger partial charge < -0.3 is 4.90 Å². The van der Waals surface area contributed by atoms with Gasteiger partial charge in [0.25, 0.3) is 0 Å². The third kappa shape index (κ3) is 3.21. The van der Waals surface area contributed by atoms with E-state index in [0.717, 1.165) is 4.47 Å². The minimum atomic E-state index is -2.13. The van der Waals surface area contributed by atoms with Crippen LogP contribution in [0.5, 0.6) is 0 Å². The quantitative estimate of drug-likeness (QED) is 0.385. The van der Waals surface area contributed by atoms with E-state index >= 15 is 0 Å². The Kier molecular flexibility index (Phi) is 5.42. The number of anilines is 1. The zero-order valence-electron chi connectivity index (χ0n) is 11.6. The number of likely N-dealkylation sites (N-methyl/N-ethyl adjacent to an activating group) is 1. The van der Waals surface area contributed by atoms with E-state index < -0.39 is 18.2 Å². The molecule has 0 saturated heterocycles. The van der Waals surface area contributed by atoms with Crippen molar-refractivity contribution in [2.24, 2.45) is 0 Å². The van der Waals surface area contributed by atoms with Crippen molar-refractivity contribution in [3.8, 4) is 0 Å². The van der Waals surface area contributed by atoms with Crippen molar-refractivity contribution in [3.63, 3.8) is 0 Å². The number of hydrogen-bond donors (Lipinski definition) is 0. The Labute approximate surface area is 157 Å². The van der Waals surface area contributed by atoms with Gasteiger partial charge in [-0.1, -0.05) is 44.2 Å². The summed E-state index contributed by atoms with van der Waals surface area (Å²) in [4.78, 5) is 2.36. The zero-order valence-corrected chi connectivity index (χ0v) is 17.9. The second-order valence-corrected chi connectivity index (χ2v) is 17.1. The normalized spacial score (nSPS) is 17.0. The fourth-order valence-electron chi connectivity index (χ4n) is 3.06. The first-order valence-electron chi connectivity index (χ1n) is 6.58. The van der Waals surface area contributed by atoms with Crippen LogP contribution in [0.1, 0.15) is 22.7 Å². The Morgan fingerprint density at radius 3 is 2.55 bits per heavy atom. The van der Waals surface area contributed by atoms with Crippen LogP contribution in [-0.2, 0) is 18.2 Å². The van der Waals surface area contributed by atoms with E-state index in [1.807, 2.05) is 0 Å². The van der Waals surface area contributed by atoms with E-state index in [1.165, 1.54) is 28.0 Å². The van der Waals surface area contributed by atoms with E-state index in [1.54, 1.807) is 0 Å². The number of halogens is 4. The van der Waals surface area contributed by atoms with Gasteiger partial charge in [-0.2, -0.15) is 0 Å². The molecule has 0 N–H and O–H groups in total. The molecule has 0 spiro atoms. The molecule has 0 bridgehead atoms. The van der Waals surface area contributed by atoms with Crippen LogP contribution in [0.4, 0.5) is 5.69 Å². The van der Waals surface area contributed by atoms with Gasteiger partial charge in [-0.25, -0.2) is 0 Å². The molecule has 0 saturated carbocycles. The van der Waals surface area contributed by atoms with Crippen molar-refractivity contribution in [2.45, 2.75) is 6.04 Å². The summed E-state index contributed by atoms with van der Waals surface area (Å²) < 4.78 is 1.02. The fourth-order valence-corrected chi connectivity index (χ4v) is 3.41. The van der Waals surface area contributed by atoms with E-state index in [4.69, 9.17) is 25.5 Å². The second kappa shape index (κ2) is 6.99. The Bertz CT molecular complexity index is 745. The van der Waals surface area contributed by atoms with Gasteiger partial charge in [-0.3, -0.25) is 0 Å². The maximum atomic E-state index is 5.00. The predicted octanol–water partition coefficient (Wildman–Crippen LogP) is 6.36. The third-order valence-corrected chi connectivity index (χ3v) is 4.31. The Morgan fingerprint density at radius 1 is 1.14 bits per heavy atom. The van der Waals surface area contributed by atoms with Crippen LogP contribution in [0.25, 0.3) is 11.6 Å². The van der Waals surface area contributed by atoms with Crippen molar-refractivity contribution in [1.29, 1.82) is 0 Å². The number of rotatable bonds is 0. The number of hydrogen-bond acceptors (Lipinski definition) is 1. The maximum absolute atomic E-state index is 5.00. The number of fused-ring (bicyclic) bond motifs is 5. The molecule has 0 radical (unpaired) electrons. The molecule has 0 amide bonds. The van der Waals surface area contributed by atoms with Gasteiger partial charge in [0.05, 0.1) is 0 Å². The van der Waals surface area contributed by atoms with Crippen molar-refractivity contribution >= 4 is 58.8 Å². The molecule has 6 heteroatoms. The minimum absolute atomic E-state index is 0.363. The van der Waals surface area contributed by atoms with Crippen molar-refractivity contribution in [1.82, 2.24) is 0 Å². The molecule has 113 valence electrons. The average Bonchev–Trinajstić information content (AvgIpc) is 2.95. The molecule has 0 aromatic heterocycles. The van der Waals surface area contributed by atoms with E-state index in [2.05, 4.69) is 76.4 Å². The molecule has 2 aromatic carbocycles. The molecule has 1 atom stereocenters. The molecule has 1 aliphatic heterocycles. The molecule has 1 aliphatic carbocycles. The summed E-state index contributed by atoms with van der Waals surface area (Å²) in [6.07, 6.45) is 2.27. The van der Waals surface area contributed by atoms with Crippen LogP contribution in [0.2, 0.25) is 0 Å². The van der Waals surface area contributed by atoms with Gasteiger partial charge in [-0.05, 0) is 11.6 Å². The molecule has 1 heterocycles. The molecule has 2 aliphatic rings. The summed E-state index contributed by atoms with van der Waals surface area (Å²) in [6, 6.07) is 16.6. The Balaban J connectivity index is 0.000000325. The number of para-hydroxylation sites is 1. The molecule has 1 nitrogen and oxygen atoms in total. The molecule has 22 heavy (non-hydrogen) atoms. The van der Waals surface area contributed by atoms with Crippen LogP contribution in [-0.4, -0.2) is 7.05 Å². The van der Waals surface area contributed by atoms with Crippen LogP contribution in [0.3, 0.4) is 0 Å². The topological polar surface area (TPSA) is 3.24 Å². The van der Waals surface area contributed by atoms with Crippen molar-refractivity contribution < 1.29 is 18.2 Å². The first-order chi connectivity index (χ1) is 10.5. The van der Waals surface area contributed by atoms with E-state index in [-0.39, 0.29) is 0 Å². The molecular formula is C16H11BrCl3NZr-. The monoisotopic (exact) mass is 491 g/mol. The summed E-state index contributed by atoms with van der Waals surface area (Å²) in [6.45, 7) is 0. The van der Waals surface area contributed by atoms with Crippen LogP contribution >= 0.6 is 41.5 Å². The number of benzene rings is 2. The summed E-state index contributed by atoms with van der Waals surface area (Å²) in [5.74, 6) is 0. The summed E-state index contributed by atoms with van der Waals surface area (Å²) in [7, 11) is 17.2. The summed E-state index contributed by atoms with van der Waals surface area (Å²) in [5.41, 5.74) is 6.64. The van der Waals surface area contributed by atoms with Gasteiger partial charge in [0.1, 0.15) is 0 Å². The molecule has 4 rings (SSSR count). The third-order valence-electron chi connectivity index (χ3n) is 3.85. The van der Waals surface area contributed by atoms with E-state index in [0.29, 0.717) is 6.04 Å². The predicted molar refractivity (Wildman–Crippen MR) is 96.0 cm³/mol.